The average Bonchev–Trinajstić information content (AvgIpc) is 3.16. The van der Waals surface area contributed by atoms with Crippen LogP contribution < -0.4 is 0 Å². The van der Waals surface area contributed by atoms with Gasteiger partial charge < -0.3 is 9.64 Å². The van der Waals surface area contributed by atoms with E-state index in [1.54, 1.807) is 0 Å². The molecule has 1 aliphatic rings. The summed E-state index contributed by atoms with van der Waals surface area (Å²) < 4.78 is 7.73. The van der Waals surface area contributed by atoms with Gasteiger partial charge in [0.05, 0.1) is 17.8 Å². The Labute approximate surface area is 159 Å². The first-order chi connectivity index (χ1) is 13.3. The molecule has 5 nitrogen and oxygen atoms in total. The monoisotopic (exact) mass is 363 g/mol. The number of fused-ring (bicyclic) bond motifs is 1. The van der Waals surface area contributed by atoms with E-state index >= 15 is 0 Å². The van der Waals surface area contributed by atoms with Gasteiger partial charge in [0, 0.05) is 37.0 Å². The summed E-state index contributed by atoms with van der Waals surface area (Å²) in [7, 11) is 0. The van der Waals surface area contributed by atoms with E-state index in [0.717, 1.165) is 54.6 Å². The van der Waals surface area contributed by atoms with Crippen LogP contribution in [0.4, 0.5) is 0 Å². The zero-order valence-electron chi connectivity index (χ0n) is 15.7. The maximum absolute atomic E-state index is 13.1. The Bertz CT molecular complexity index is 934. The van der Waals surface area contributed by atoms with Gasteiger partial charge in [-0.2, -0.15) is 5.10 Å². The van der Waals surface area contributed by atoms with E-state index in [1.807, 2.05) is 64.3 Å². The smallest absolute Gasteiger partial charge is 0.253 e. The number of carbonyl (C=O) groups is 1. The Morgan fingerprint density at radius 2 is 2.19 bits per heavy atom. The lowest BCUT2D eigenvalue weighted by Gasteiger charge is -2.32. The average molecular weight is 363 g/mol. The van der Waals surface area contributed by atoms with E-state index in [2.05, 4.69) is 12.0 Å². The van der Waals surface area contributed by atoms with Crippen LogP contribution in [0.3, 0.4) is 0 Å². The number of rotatable bonds is 5. The van der Waals surface area contributed by atoms with Crippen molar-refractivity contribution in [1.29, 1.82) is 0 Å². The number of amides is 1. The van der Waals surface area contributed by atoms with Crippen LogP contribution in [0.15, 0.2) is 54.9 Å². The summed E-state index contributed by atoms with van der Waals surface area (Å²) in [4.78, 5) is 15.0. The third-order valence-corrected chi connectivity index (χ3v) is 5.07. The third-order valence-electron chi connectivity index (χ3n) is 5.07. The highest BCUT2D eigenvalue weighted by atomic mass is 16.5. The summed E-state index contributed by atoms with van der Waals surface area (Å²) in [5, 5.41) is 4.40. The van der Waals surface area contributed by atoms with Crippen LogP contribution in [0.25, 0.3) is 16.6 Å². The molecule has 0 N–H and O–H groups in total. The summed E-state index contributed by atoms with van der Waals surface area (Å²) in [6.45, 7) is 4.35. The number of benzene rings is 1. The van der Waals surface area contributed by atoms with Crippen molar-refractivity contribution in [3.05, 3.63) is 60.4 Å². The van der Waals surface area contributed by atoms with Crippen molar-refractivity contribution in [2.24, 2.45) is 0 Å². The Hall–Kier alpha value is -2.66. The zero-order chi connectivity index (χ0) is 18.6. The molecule has 3 heterocycles. The van der Waals surface area contributed by atoms with Gasteiger partial charge in [0.2, 0.25) is 0 Å². The molecule has 3 aromatic rings. The highest BCUT2D eigenvalue weighted by Gasteiger charge is 2.25. The number of nitrogens with zero attached hydrogens (tertiary/aromatic N) is 3. The van der Waals surface area contributed by atoms with Gasteiger partial charge in [0.15, 0.2) is 0 Å². The predicted molar refractivity (Wildman–Crippen MR) is 106 cm³/mol. The molecule has 140 valence electrons. The molecule has 0 spiro atoms. The highest BCUT2D eigenvalue weighted by Crippen LogP contribution is 2.26. The molecule has 0 saturated carbocycles. The van der Waals surface area contributed by atoms with Gasteiger partial charge >= 0.3 is 0 Å². The van der Waals surface area contributed by atoms with Crippen LogP contribution in [-0.2, 0) is 4.74 Å². The number of pyridine rings is 1. The van der Waals surface area contributed by atoms with Gasteiger partial charge in [-0.25, -0.2) is 4.52 Å². The third kappa shape index (κ3) is 3.74. The molecule has 1 amide bonds. The van der Waals surface area contributed by atoms with Gasteiger partial charge in [0.25, 0.3) is 5.91 Å². The van der Waals surface area contributed by atoms with E-state index < -0.39 is 0 Å². The first-order valence-corrected chi connectivity index (χ1v) is 9.70. The topological polar surface area (TPSA) is 46.8 Å². The van der Waals surface area contributed by atoms with E-state index in [4.69, 9.17) is 4.74 Å². The maximum Gasteiger partial charge on any atom is 0.253 e. The molecular formula is C22H25N3O2. The molecule has 1 atom stereocenters. The van der Waals surface area contributed by atoms with Crippen molar-refractivity contribution < 1.29 is 9.53 Å². The van der Waals surface area contributed by atoms with Crippen LogP contribution in [0.2, 0.25) is 0 Å². The fourth-order valence-electron chi connectivity index (χ4n) is 3.70. The number of ether oxygens (including phenoxy) is 1. The molecule has 0 radical (unpaired) electrons. The fraction of sp³-hybridized carbons (Fsp3) is 0.364. The van der Waals surface area contributed by atoms with Crippen molar-refractivity contribution in [3.63, 3.8) is 0 Å². The number of carbonyl (C=O) groups excluding carboxylic acids is 1. The second-order valence-corrected chi connectivity index (χ2v) is 7.06. The SMILES string of the molecule is CCCO[C@H]1CCCN(C(=O)c2cccc(-c3cnn4ccccc34)c2)C1. The van der Waals surface area contributed by atoms with Crippen LogP contribution in [0.5, 0.6) is 0 Å². The molecule has 0 bridgehead atoms. The van der Waals surface area contributed by atoms with Crippen molar-refractivity contribution in [3.8, 4) is 11.1 Å². The molecule has 1 fully saturated rings. The van der Waals surface area contributed by atoms with Crippen LogP contribution in [-0.4, -0.2) is 46.2 Å². The summed E-state index contributed by atoms with van der Waals surface area (Å²) in [5.41, 5.74) is 3.80. The lowest BCUT2D eigenvalue weighted by atomic mass is 10.0. The Kier molecular flexibility index (Phi) is 5.21. The summed E-state index contributed by atoms with van der Waals surface area (Å²) >= 11 is 0. The van der Waals surface area contributed by atoms with Gasteiger partial charge in [-0.1, -0.05) is 25.1 Å². The Morgan fingerprint density at radius 1 is 1.26 bits per heavy atom. The van der Waals surface area contributed by atoms with Crippen LogP contribution in [0, 0.1) is 0 Å². The summed E-state index contributed by atoms with van der Waals surface area (Å²) in [5.74, 6) is 0.0816. The van der Waals surface area contributed by atoms with Gasteiger partial charge in [-0.05, 0) is 49.1 Å². The van der Waals surface area contributed by atoms with Crippen LogP contribution in [0.1, 0.15) is 36.5 Å². The molecule has 0 aliphatic carbocycles. The number of hydrogen-bond donors (Lipinski definition) is 0. The number of piperidine rings is 1. The standard InChI is InChI=1S/C22H25N3O2/c1-2-13-27-19-9-6-11-24(16-19)22(26)18-8-5-7-17(14-18)20-15-23-25-12-4-3-10-21(20)25/h3-5,7-8,10,12,14-15,19H,2,6,9,11,13,16H2,1H3/t19-/m0/s1. The van der Waals surface area contributed by atoms with Crippen molar-refractivity contribution in [2.75, 3.05) is 19.7 Å². The van der Waals surface area contributed by atoms with Crippen molar-refractivity contribution >= 4 is 11.4 Å². The molecule has 1 aromatic carbocycles. The number of aromatic nitrogens is 2. The maximum atomic E-state index is 13.1. The molecule has 2 aromatic heterocycles. The largest absolute Gasteiger partial charge is 0.376 e. The minimum absolute atomic E-state index is 0.0816. The highest BCUT2D eigenvalue weighted by molar-refractivity contribution is 5.96. The molecule has 1 aliphatic heterocycles. The zero-order valence-corrected chi connectivity index (χ0v) is 15.7. The second-order valence-electron chi connectivity index (χ2n) is 7.06. The van der Waals surface area contributed by atoms with Gasteiger partial charge in [-0.3, -0.25) is 4.79 Å². The Balaban J connectivity index is 1.56. The first kappa shape index (κ1) is 17.7. The molecule has 1 saturated heterocycles. The van der Waals surface area contributed by atoms with E-state index in [-0.39, 0.29) is 12.0 Å². The summed E-state index contributed by atoms with van der Waals surface area (Å²) in [6, 6.07) is 13.8. The first-order valence-electron chi connectivity index (χ1n) is 9.70. The fourth-order valence-corrected chi connectivity index (χ4v) is 3.70. The lowest BCUT2D eigenvalue weighted by molar-refractivity contribution is 0.00211. The lowest BCUT2D eigenvalue weighted by Crippen LogP contribution is -2.43. The molecule has 4 rings (SSSR count). The van der Waals surface area contributed by atoms with E-state index in [1.165, 1.54) is 0 Å². The molecule has 27 heavy (non-hydrogen) atoms. The predicted octanol–water partition coefficient (Wildman–Crippen LogP) is 4.03. The van der Waals surface area contributed by atoms with Gasteiger partial charge in [0.1, 0.15) is 0 Å². The molecule has 5 heteroatoms. The number of hydrogen-bond acceptors (Lipinski definition) is 3. The molecule has 0 unspecified atom stereocenters. The van der Waals surface area contributed by atoms with E-state index in [0.29, 0.717) is 6.54 Å². The van der Waals surface area contributed by atoms with Crippen LogP contribution >= 0.6 is 0 Å². The summed E-state index contributed by atoms with van der Waals surface area (Å²) in [6.07, 6.45) is 6.98. The minimum Gasteiger partial charge on any atom is -0.376 e. The van der Waals surface area contributed by atoms with Gasteiger partial charge in [-0.15, -0.1) is 0 Å². The van der Waals surface area contributed by atoms with Crippen molar-refractivity contribution in [1.82, 2.24) is 14.5 Å². The number of likely N-dealkylation sites (tertiary alicyclic amines) is 1. The second kappa shape index (κ2) is 7.92. The van der Waals surface area contributed by atoms with Crippen molar-refractivity contribution in [2.45, 2.75) is 32.3 Å². The minimum atomic E-state index is 0.0816. The molecular weight excluding hydrogens is 338 g/mol. The quantitative estimate of drug-likeness (QED) is 0.687. The Morgan fingerprint density at radius 3 is 3.07 bits per heavy atom. The van der Waals surface area contributed by atoms with E-state index in [9.17, 15) is 4.79 Å². The normalized spacial score (nSPS) is 17.4.